The standard InChI is InChI=1S/C11H15N3O2S/c15-9(7-3-5-16-6-4-7)12-11-14-13-10(17-11)8-1-2-8/h7-8H,1-6H2,(H,12,14,15). The van der Waals surface area contributed by atoms with Crippen LogP contribution in [0.25, 0.3) is 0 Å². The second-order valence-corrected chi connectivity index (χ2v) is 5.60. The molecule has 1 saturated heterocycles. The monoisotopic (exact) mass is 253 g/mol. The fourth-order valence-corrected chi connectivity index (χ4v) is 2.86. The maximum Gasteiger partial charge on any atom is 0.229 e. The molecule has 1 amide bonds. The SMILES string of the molecule is O=C(Nc1nnc(C2CC2)s1)C1CCOCC1. The highest BCUT2D eigenvalue weighted by atomic mass is 32.1. The van der Waals surface area contributed by atoms with Crippen molar-refractivity contribution in [2.75, 3.05) is 18.5 Å². The van der Waals surface area contributed by atoms with Gasteiger partial charge in [0.05, 0.1) is 0 Å². The summed E-state index contributed by atoms with van der Waals surface area (Å²) < 4.78 is 5.24. The normalized spacial score (nSPS) is 21.4. The first kappa shape index (κ1) is 11.1. The molecule has 0 radical (unpaired) electrons. The Morgan fingerprint density at radius 1 is 1.24 bits per heavy atom. The lowest BCUT2D eigenvalue weighted by atomic mass is 10.00. The summed E-state index contributed by atoms with van der Waals surface area (Å²) in [5, 5.41) is 12.7. The van der Waals surface area contributed by atoms with Gasteiger partial charge < -0.3 is 10.1 Å². The summed E-state index contributed by atoms with van der Waals surface area (Å²) in [6, 6.07) is 0. The minimum Gasteiger partial charge on any atom is -0.381 e. The van der Waals surface area contributed by atoms with Crippen molar-refractivity contribution in [1.29, 1.82) is 0 Å². The van der Waals surface area contributed by atoms with Crippen molar-refractivity contribution < 1.29 is 9.53 Å². The van der Waals surface area contributed by atoms with Gasteiger partial charge in [-0.3, -0.25) is 4.79 Å². The van der Waals surface area contributed by atoms with Gasteiger partial charge in [-0.25, -0.2) is 0 Å². The Hall–Kier alpha value is -1.01. The molecule has 6 heteroatoms. The van der Waals surface area contributed by atoms with Crippen molar-refractivity contribution in [1.82, 2.24) is 10.2 Å². The maximum atomic E-state index is 11.9. The third-order valence-corrected chi connectivity index (χ3v) is 4.19. The van der Waals surface area contributed by atoms with E-state index in [4.69, 9.17) is 4.74 Å². The molecule has 2 fully saturated rings. The molecule has 1 N–H and O–H groups in total. The highest BCUT2D eigenvalue weighted by Crippen LogP contribution is 2.42. The van der Waals surface area contributed by atoms with Crippen LogP contribution in [-0.2, 0) is 9.53 Å². The van der Waals surface area contributed by atoms with Gasteiger partial charge in [-0.15, -0.1) is 10.2 Å². The first-order chi connectivity index (χ1) is 8.33. The fraction of sp³-hybridized carbons (Fsp3) is 0.727. The zero-order valence-electron chi connectivity index (χ0n) is 9.52. The number of rotatable bonds is 3. The average Bonchev–Trinajstić information content (AvgIpc) is 3.12. The Balaban J connectivity index is 1.58. The first-order valence-corrected chi connectivity index (χ1v) is 6.86. The van der Waals surface area contributed by atoms with Crippen LogP contribution in [-0.4, -0.2) is 29.3 Å². The smallest absolute Gasteiger partial charge is 0.229 e. The molecule has 0 aromatic carbocycles. The van der Waals surface area contributed by atoms with Gasteiger partial charge in [-0.05, 0) is 25.7 Å². The van der Waals surface area contributed by atoms with Crippen molar-refractivity contribution in [3.05, 3.63) is 5.01 Å². The van der Waals surface area contributed by atoms with Crippen LogP contribution in [0.3, 0.4) is 0 Å². The number of carbonyl (C=O) groups is 1. The van der Waals surface area contributed by atoms with Gasteiger partial charge in [0, 0.05) is 25.0 Å². The Kier molecular flexibility index (Phi) is 3.07. The molecule has 17 heavy (non-hydrogen) atoms. The van der Waals surface area contributed by atoms with Gasteiger partial charge in [-0.1, -0.05) is 11.3 Å². The Morgan fingerprint density at radius 2 is 2.00 bits per heavy atom. The lowest BCUT2D eigenvalue weighted by Gasteiger charge is -2.20. The number of carbonyl (C=O) groups excluding carboxylic acids is 1. The van der Waals surface area contributed by atoms with Crippen molar-refractivity contribution in [2.24, 2.45) is 5.92 Å². The number of anilines is 1. The van der Waals surface area contributed by atoms with Crippen molar-refractivity contribution in [3.63, 3.8) is 0 Å². The van der Waals surface area contributed by atoms with E-state index in [1.807, 2.05) is 0 Å². The number of nitrogens with one attached hydrogen (secondary N) is 1. The Morgan fingerprint density at radius 3 is 2.71 bits per heavy atom. The van der Waals surface area contributed by atoms with Gasteiger partial charge in [0.15, 0.2) is 0 Å². The third-order valence-electron chi connectivity index (χ3n) is 3.19. The van der Waals surface area contributed by atoms with Crippen molar-refractivity contribution in [3.8, 4) is 0 Å². The van der Waals surface area contributed by atoms with E-state index in [9.17, 15) is 4.79 Å². The number of aromatic nitrogens is 2. The minimum atomic E-state index is 0.0618. The van der Waals surface area contributed by atoms with Crippen LogP contribution >= 0.6 is 11.3 Å². The molecule has 0 unspecified atom stereocenters. The molecular formula is C11H15N3O2S. The Bertz CT molecular complexity index is 411. The van der Waals surface area contributed by atoms with Gasteiger partial charge in [-0.2, -0.15) is 0 Å². The van der Waals surface area contributed by atoms with E-state index in [0.29, 0.717) is 24.3 Å². The lowest BCUT2D eigenvalue weighted by molar-refractivity contribution is -0.122. The van der Waals surface area contributed by atoms with E-state index in [-0.39, 0.29) is 11.8 Å². The zero-order valence-corrected chi connectivity index (χ0v) is 10.3. The number of hydrogen-bond donors (Lipinski definition) is 1. The van der Waals surface area contributed by atoms with Crippen LogP contribution in [0.15, 0.2) is 0 Å². The number of ether oxygens (including phenoxy) is 1. The van der Waals surface area contributed by atoms with Crippen LogP contribution in [0.2, 0.25) is 0 Å². The van der Waals surface area contributed by atoms with E-state index in [1.165, 1.54) is 24.2 Å². The van der Waals surface area contributed by atoms with Crippen molar-refractivity contribution in [2.45, 2.75) is 31.6 Å². The molecule has 92 valence electrons. The van der Waals surface area contributed by atoms with Crippen molar-refractivity contribution >= 4 is 22.4 Å². The van der Waals surface area contributed by atoms with E-state index in [1.54, 1.807) is 0 Å². The molecule has 1 saturated carbocycles. The van der Waals surface area contributed by atoms with Gasteiger partial charge in [0.25, 0.3) is 0 Å². The zero-order chi connectivity index (χ0) is 11.7. The molecule has 1 aromatic heterocycles. The Labute approximate surface area is 104 Å². The molecule has 5 nitrogen and oxygen atoms in total. The van der Waals surface area contributed by atoms with E-state index < -0.39 is 0 Å². The van der Waals surface area contributed by atoms with E-state index in [0.717, 1.165) is 17.8 Å². The summed E-state index contributed by atoms with van der Waals surface area (Å²) in [7, 11) is 0. The summed E-state index contributed by atoms with van der Waals surface area (Å²) in [5.41, 5.74) is 0. The van der Waals surface area contributed by atoms with E-state index >= 15 is 0 Å². The van der Waals surface area contributed by atoms with Crippen LogP contribution in [0.4, 0.5) is 5.13 Å². The highest BCUT2D eigenvalue weighted by Gasteiger charge is 2.28. The van der Waals surface area contributed by atoms with Gasteiger partial charge >= 0.3 is 0 Å². The summed E-state index contributed by atoms with van der Waals surface area (Å²) >= 11 is 1.51. The number of hydrogen-bond acceptors (Lipinski definition) is 5. The maximum absolute atomic E-state index is 11.9. The molecule has 0 bridgehead atoms. The number of nitrogens with zero attached hydrogens (tertiary/aromatic N) is 2. The molecule has 1 aliphatic heterocycles. The second kappa shape index (κ2) is 4.70. The van der Waals surface area contributed by atoms with Gasteiger partial charge in [0.2, 0.25) is 11.0 Å². The molecule has 0 spiro atoms. The minimum absolute atomic E-state index is 0.0618. The molecular weight excluding hydrogens is 238 g/mol. The van der Waals surface area contributed by atoms with Crippen LogP contribution in [0, 0.1) is 5.92 Å². The first-order valence-electron chi connectivity index (χ1n) is 6.05. The molecule has 1 aromatic rings. The van der Waals surface area contributed by atoms with Crippen LogP contribution in [0.1, 0.15) is 36.6 Å². The predicted octanol–water partition coefficient (Wildman–Crippen LogP) is 1.78. The average molecular weight is 253 g/mol. The lowest BCUT2D eigenvalue weighted by Crippen LogP contribution is -2.28. The molecule has 0 atom stereocenters. The highest BCUT2D eigenvalue weighted by molar-refractivity contribution is 7.15. The summed E-state index contributed by atoms with van der Waals surface area (Å²) in [6.07, 6.45) is 4.03. The second-order valence-electron chi connectivity index (χ2n) is 4.60. The van der Waals surface area contributed by atoms with E-state index in [2.05, 4.69) is 15.5 Å². The largest absolute Gasteiger partial charge is 0.381 e. The topological polar surface area (TPSA) is 64.1 Å². The summed E-state index contributed by atoms with van der Waals surface area (Å²) in [6.45, 7) is 1.36. The van der Waals surface area contributed by atoms with Crippen LogP contribution in [0.5, 0.6) is 0 Å². The van der Waals surface area contributed by atoms with Crippen LogP contribution < -0.4 is 5.32 Å². The molecule has 1 aliphatic carbocycles. The van der Waals surface area contributed by atoms with Gasteiger partial charge in [0.1, 0.15) is 5.01 Å². The predicted molar refractivity (Wildman–Crippen MR) is 64.1 cm³/mol. The quantitative estimate of drug-likeness (QED) is 0.891. The number of amides is 1. The molecule has 3 rings (SSSR count). The summed E-state index contributed by atoms with van der Waals surface area (Å²) in [5.74, 6) is 0.727. The summed E-state index contributed by atoms with van der Waals surface area (Å²) in [4.78, 5) is 11.9. The molecule has 2 aliphatic rings. The molecule has 2 heterocycles. The fourth-order valence-electron chi connectivity index (χ4n) is 1.95. The third kappa shape index (κ3) is 2.63.